The SMILES string of the molecule is C(=Cc1nc2ccccc2o1)c1ccc(N(c2ccccc2)c2ccccc2)cc1. The number of hydrogen-bond acceptors (Lipinski definition) is 3. The first-order valence-electron chi connectivity index (χ1n) is 9.91. The van der Waals surface area contributed by atoms with E-state index < -0.39 is 0 Å². The number of para-hydroxylation sites is 4. The van der Waals surface area contributed by atoms with Gasteiger partial charge >= 0.3 is 0 Å². The Balaban J connectivity index is 1.43. The van der Waals surface area contributed by atoms with Crippen molar-refractivity contribution in [3.8, 4) is 0 Å². The molecule has 30 heavy (non-hydrogen) atoms. The Morgan fingerprint density at radius 3 is 1.77 bits per heavy atom. The lowest BCUT2D eigenvalue weighted by atomic mass is 10.1. The van der Waals surface area contributed by atoms with Gasteiger partial charge in [-0.2, -0.15) is 0 Å². The topological polar surface area (TPSA) is 29.3 Å². The Kier molecular flexibility index (Phi) is 4.84. The zero-order chi connectivity index (χ0) is 20.2. The molecule has 5 rings (SSSR count). The van der Waals surface area contributed by atoms with E-state index in [-0.39, 0.29) is 0 Å². The van der Waals surface area contributed by atoms with Crippen LogP contribution in [0.1, 0.15) is 11.5 Å². The molecule has 0 N–H and O–H groups in total. The number of rotatable bonds is 5. The van der Waals surface area contributed by atoms with Gasteiger partial charge in [0.05, 0.1) is 0 Å². The summed E-state index contributed by atoms with van der Waals surface area (Å²) in [6.45, 7) is 0. The van der Waals surface area contributed by atoms with Gasteiger partial charge in [0.25, 0.3) is 0 Å². The van der Waals surface area contributed by atoms with Gasteiger partial charge in [-0.15, -0.1) is 0 Å². The van der Waals surface area contributed by atoms with Gasteiger partial charge in [0.2, 0.25) is 5.89 Å². The van der Waals surface area contributed by atoms with E-state index in [0.29, 0.717) is 5.89 Å². The van der Waals surface area contributed by atoms with Crippen molar-refractivity contribution in [3.05, 3.63) is 121 Å². The highest BCUT2D eigenvalue weighted by Crippen LogP contribution is 2.34. The number of fused-ring (bicyclic) bond motifs is 1. The largest absolute Gasteiger partial charge is 0.437 e. The lowest BCUT2D eigenvalue weighted by Crippen LogP contribution is -2.09. The van der Waals surface area contributed by atoms with Crippen molar-refractivity contribution in [1.82, 2.24) is 4.98 Å². The van der Waals surface area contributed by atoms with Gasteiger partial charge in [-0.1, -0.05) is 60.7 Å². The second-order valence-corrected chi connectivity index (χ2v) is 6.95. The van der Waals surface area contributed by atoms with Crippen LogP contribution in [0.3, 0.4) is 0 Å². The molecule has 0 radical (unpaired) electrons. The molecule has 1 heterocycles. The van der Waals surface area contributed by atoms with Gasteiger partial charge in [0.1, 0.15) is 5.52 Å². The Hall–Kier alpha value is -4.11. The zero-order valence-electron chi connectivity index (χ0n) is 16.3. The molecule has 0 atom stereocenters. The molecule has 1 aromatic heterocycles. The fourth-order valence-corrected chi connectivity index (χ4v) is 3.46. The number of hydrogen-bond donors (Lipinski definition) is 0. The third-order valence-electron chi connectivity index (χ3n) is 4.91. The van der Waals surface area contributed by atoms with Crippen molar-refractivity contribution in [2.24, 2.45) is 0 Å². The molecule has 4 aromatic carbocycles. The predicted molar refractivity (Wildman–Crippen MR) is 124 cm³/mol. The van der Waals surface area contributed by atoms with E-state index in [1.165, 1.54) is 0 Å². The lowest BCUT2D eigenvalue weighted by molar-refractivity contribution is 0.590. The van der Waals surface area contributed by atoms with Crippen LogP contribution in [-0.4, -0.2) is 4.98 Å². The maximum Gasteiger partial charge on any atom is 0.220 e. The van der Waals surface area contributed by atoms with Crippen molar-refractivity contribution in [2.75, 3.05) is 4.90 Å². The minimum atomic E-state index is 0.607. The molecule has 0 amide bonds. The van der Waals surface area contributed by atoms with Crippen LogP contribution in [0.5, 0.6) is 0 Å². The Morgan fingerprint density at radius 2 is 1.13 bits per heavy atom. The van der Waals surface area contributed by atoms with Gasteiger partial charge in [0.15, 0.2) is 5.58 Å². The number of oxazole rings is 1. The highest BCUT2D eigenvalue weighted by atomic mass is 16.3. The van der Waals surface area contributed by atoms with E-state index in [2.05, 4.69) is 82.7 Å². The van der Waals surface area contributed by atoms with E-state index in [4.69, 9.17) is 4.42 Å². The average Bonchev–Trinajstić information content (AvgIpc) is 3.23. The fraction of sp³-hybridized carbons (Fsp3) is 0. The van der Waals surface area contributed by atoms with Crippen LogP contribution < -0.4 is 4.90 Å². The molecule has 0 saturated carbocycles. The minimum absolute atomic E-state index is 0.607. The molecule has 0 unspecified atom stereocenters. The van der Waals surface area contributed by atoms with E-state index in [1.807, 2.05) is 48.6 Å². The van der Waals surface area contributed by atoms with Crippen molar-refractivity contribution < 1.29 is 4.42 Å². The molecule has 5 aromatic rings. The van der Waals surface area contributed by atoms with Gasteiger partial charge < -0.3 is 9.32 Å². The molecule has 0 bridgehead atoms. The minimum Gasteiger partial charge on any atom is -0.437 e. The van der Waals surface area contributed by atoms with Gasteiger partial charge in [0, 0.05) is 23.1 Å². The van der Waals surface area contributed by atoms with Crippen LogP contribution in [0.4, 0.5) is 17.1 Å². The fourth-order valence-electron chi connectivity index (χ4n) is 3.46. The first kappa shape index (κ1) is 18.0. The van der Waals surface area contributed by atoms with E-state index in [9.17, 15) is 0 Å². The summed E-state index contributed by atoms with van der Waals surface area (Å²) < 4.78 is 5.76. The number of anilines is 3. The normalized spacial score (nSPS) is 11.2. The molecule has 0 aliphatic heterocycles. The summed E-state index contributed by atoms with van der Waals surface area (Å²) >= 11 is 0. The monoisotopic (exact) mass is 388 g/mol. The first-order chi connectivity index (χ1) is 14.9. The standard InChI is InChI=1S/C27H20N2O/c1-3-9-22(10-4-1)29(23-11-5-2-6-12-23)24-18-15-21(16-19-24)17-20-27-28-25-13-7-8-14-26(25)30-27/h1-20H. The molecule has 0 spiro atoms. The van der Waals surface area contributed by atoms with Crippen LogP contribution >= 0.6 is 0 Å². The highest BCUT2D eigenvalue weighted by Gasteiger charge is 2.11. The highest BCUT2D eigenvalue weighted by molar-refractivity contribution is 5.78. The van der Waals surface area contributed by atoms with Crippen molar-refractivity contribution >= 4 is 40.3 Å². The van der Waals surface area contributed by atoms with Gasteiger partial charge in [-0.3, -0.25) is 0 Å². The lowest BCUT2D eigenvalue weighted by Gasteiger charge is -2.25. The number of aromatic nitrogens is 1. The van der Waals surface area contributed by atoms with Crippen LogP contribution in [0.2, 0.25) is 0 Å². The van der Waals surface area contributed by atoms with Crippen molar-refractivity contribution in [1.29, 1.82) is 0 Å². The third-order valence-corrected chi connectivity index (χ3v) is 4.91. The van der Waals surface area contributed by atoms with Gasteiger partial charge in [-0.25, -0.2) is 4.98 Å². The zero-order valence-corrected chi connectivity index (χ0v) is 16.3. The Morgan fingerprint density at radius 1 is 0.567 bits per heavy atom. The number of nitrogens with zero attached hydrogens (tertiary/aromatic N) is 2. The van der Waals surface area contributed by atoms with Crippen LogP contribution in [0, 0.1) is 0 Å². The van der Waals surface area contributed by atoms with E-state index >= 15 is 0 Å². The smallest absolute Gasteiger partial charge is 0.220 e. The molecule has 3 nitrogen and oxygen atoms in total. The second kappa shape index (κ2) is 8.10. The van der Waals surface area contributed by atoms with Crippen molar-refractivity contribution in [2.45, 2.75) is 0 Å². The van der Waals surface area contributed by atoms with Crippen LogP contribution in [0.15, 0.2) is 114 Å². The molecule has 0 aliphatic carbocycles. The molecule has 144 valence electrons. The molecule has 0 fully saturated rings. The molecule has 0 saturated heterocycles. The first-order valence-corrected chi connectivity index (χ1v) is 9.91. The maximum atomic E-state index is 5.76. The maximum absolute atomic E-state index is 5.76. The van der Waals surface area contributed by atoms with Crippen LogP contribution in [0.25, 0.3) is 23.3 Å². The van der Waals surface area contributed by atoms with Crippen LogP contribution in [-0.2, 0) is 0 Å². The Labute approximate surface area is 175 Å². The molecular formula is C27H20N2O. The average molecular weight is 388 g/mol. The third kappa shape index (κ3) is 3.74. The van der Waals surface area contributed by atoms with Gasteiger partial charge in [-0.05, 0) is 60.2 Å². The van der Waals surface area contributed by atoms with Crippen molar-refractivity contribution in [3.63, 3.8) is 0 Å². The second-order valence-electron chi connectivity index (χ2n) is 6.95. The summed E-state index contributed by atoms with van der Waals surface area (Å²) in [5.41, 5.74) is 6.10. The summed E-state index contributed by atoms with van der Waals surface area (Å²) in [5, 5.41) is 0. The summed E-state index contributed by atoms with van der Waals surface area (Å²) in [4.78, 5) is 6.74. The molecule has 0 aliphatic rings. The molecule has 3 heteroatoms. The quantitative estimate of drug-likeness (QED) is 0.313. The number of benzene rings is 4. The molecular weight excluding hydrogens is 368 g/mol. The summed E-state index contributed by atoms with van der Waals surface area (Å²) in [5.74, 6) is 0.607. The van der Waals surface area contributed by atoms with E-state index in [0.717, 1.165) is 33.7 Å². The summed E-state index contributed by atoms with van der Waals surface area (Å²) in [6, 6.07) is 37.0. The predicted octanol–water partition coefficient (Wildman–Crippen LogP) is 7.47. The summed E-state index contributed by atoms with van der Waals surface area (Å²) in [7, 11) is 0. The van der Waals surface area contributed by atoms with E-state index in [1.54, 1.807) is 0 Å². The Bertz CT molecular complexity index is 1200. The summed E-state index contributed by atoms with van der Waals surface area (Å²) in [6.07, 6.45) is 3.92.